The normalized spacial score (nSPS) is 15.8. The summed E-state index contributed by atoms with van der Waals surface area (Å²) in [5.74, 6) is -0.0307. The van der Waals surface area contributed by atoms with E-state index < -0.39 is 5.63 Å². The zero-order valence-electron chi connectivity index (χ0n) is 16.2. The Morgan fingerprint density at radius 1 is 1.07 bits per heavy atom. The van der Waals surface area contributed by atoms with Crippen molar-refractivity contribution in [3.05, 3.63) is 45.0 Å². The average molecular weight is 368 g/mol. The van der Waals surface area contributed by atoms with Crippen LogP contribution < -0.4 is 5.63 Å². The molecule has 1 aromatic carbocycles. The van der Waals surface area contributed by atoms with Crippen LogP contribution in [-0.4, -0.2) is 48.9 Å². The van der Waals surface area contributed by atoms with E-state index in [1.54, 1.807) is 6.26 Å². The Labute approximate surface area is 157 Å². The first-order valence-electron chi connectivity index (χ1n) is 9.27. The first kappa shape index (κ1) is 17.8. The molecule has 2 aromatic heterocycles. The number of likely N-dealkylation sites (N-methyl/N-ethyl adjacent to an activating group) is 1. The standard InChI is InChI=1S/C21H24N2O4/c1-12-9-16-19(20-18(12)13(2)11-26-20)14(3)15(21(25)27-16)10-17(24)23-7-5-22(4)6-8-23/h9,11H,5-8,10H2,1-4H3. The summed E-state index contributed by atoms with van der Waals surface area (Å²) in [5.41, 5.74) is 4.03. The SMILES string of the molecule is Cc1coc2c1c(C)cc1oc(=O)c(CC(=O)N3CCN(C)CC3)c(C)c12. The number of piperazine rings is 1. The van der Waals surface area contributed by atoms with Gasteiger partial charge in [-0.15, -0.1) is 0 Å². The van der Waals surface area contributed by atoms with Gasteiger partial charge in [0.25, 0.3) is 0 Å². The van der Waals surface area contributed by atoms with Crippen LogP contribution in [0.25, 0.3) is 21.9 Å². The minimum atomic E-state index is -0.440. The maximum Gasteiger partial charge on any atom is 0.340 e. The Kier molecular flexibility index (Phi) is 4.30. The zero-order chi connectivity index (χ0) is 19.3. The highest BCUT2D eigenvalue weighted by atomic mass is 16.4. The number of carbonyl (C=O) groups is 1. The number of fused-ring (bicyclic) bond motifs is 3. The van der Waals surface area contributed by atoms with Crippen LogP contribution in [0, 0.1) is 20.8 Å². The lowest BCUT2D eigenvalue weighted by molar-refractivity contribution is -0.132. The van der Waals surface area contributed by atoms with Gasteiger partial charge in [-0.2, -0.15) is 0 Å². The van der Waals surface area contributed by atoms with Crippen molar-refractivity contribution in [1.82, 2.24) is 9.80 Å². The molecule has 0 aliphatic carbocycles. The van der Waals surface area contributed by atoms with E-state index in [9.17, 15) is 9.59 Å². The topological polar surface area (TPSA) is 66.9 Å². The van der Waals surface area contributed by atoms with E-state index in [1.165, 1.54) is 0 Å². The Morgan fingerprint density at radius 2 is 1.78 bits per heavy atom. The van der Waals surface area contributed by atoms with Crippen LogP contribution in [-0.2, 0) is 11.2 Å². The van der Waals surface area contributed by atoms with Crippen LogP contribution >= 0.6 is 0 Å². The van der Waals surface area contributed by atoms with E-state index in [4.69, 9.17) is 8.83 Å². The van der Waals surface area contributed by atoms with Crippen LogP contribution in [0.5, 0.6) is 0 Å². The van der Waals surface area contributed by atoms with Crippen molar-refractivity contribution < 1.29 is 13.6 Å². The maximum atomic E-state index is 12.7. The average Bonchev–Trinajstić information content (AvgIpc) is 3.01. The number of hydrogen-bond acceptors (Lipinski definition) is 5. The van der Waals surface area contributed by atoms with Gasteiger partial charge in [0.15, 0.2) is 0 Å². The highest BCUT2D eigenvalue weighted by Gasteiger charge is 2.24. The van der Waals surface area contributed by atoms with E-state index >= 15 is 0 Å². The number of rotatable bonds is 2. The molecule has 0 unspecified atom stereocenters. The number of hydrogen-bond donors (Lipinski definition) is 0. The Hall–Kier alpha value is -2.60. The van der Waals surface area contributed by atoms with E-state index in [2.05, 4.69) is 4.90 Å². The molecule has 1 aliphatic heterocycles. The monoisotopic (exact) mass is 368 g/mol. The first-order valence-corrected chi connectivity index (χ1v) is 9.27. The second kappa shape index (κ2) is 6.53. The van der Waals surface area contributed by atoms with Crippen molar-refractivity contribution in [3.8, 4) is 0 Å². The highest BCUT2D eigenvalue weighted by Crippen LogP contribution is 2.34. The minimum absolute atomic E-state index is 0.0307. The molecule has 3 heterocycles. The molecule has 6 nitrogen and oxygen atoms in total. The molecule has 4 rings (SSSR count). The first-order chi connectivity index (χ1) is 12.9. The third kappa shape index (κ3) is 2.94. The predicted molar refractivity (Wildman–Crippen MR) is 104 cm³/mol. The number of nitrogens with zero attached hydrogens (tertiary/aromatic N) is 2. The third-order valence-electron chi connectivity index (χ3n) is 5.65. The minimum Gasteiger partial charge on any atom is -0.463 e. The molecule has 0 spiro atoms. The van der Waals surface area contributed by atoms with Crippen molar-refractivity contribution in [3.63, 3.8) is 0 Å². The third-order valence-corrected chi connectivity index (χ3v) is 5.65. The summed E-state index contributed by atoms with van der Waals surface area (Å²) in [6.45, 7) is 8.92. The van der Waals surface area contributed by atoms with Gasteiger partial charge in [-0.1, -0.05) is 0 Å². The van der Waals surface area contributed by atoms with Crippen molar-refractivity contribution in [2.45, 2.75) is 27.2 Å². The number of aryl methyl sites for hydroxylation is 3. The van der Waals surface area contributed by atoms with Gasteiger partial charge in [0.2, 0.25) is 5.91 Å². The molecule has 1 aliphatic rings. The van der Waals surface area contributed by atoms with Gasteiger partial charge in [0.1, 0.15) is 11.2 Å². The molecule has 0 bridgehead atoms. The van der Waals surface area contributed by atoms with Crippen LogP contribution in [0.1, 0.15) is 22.3 Å². The zero-order valence-corrected chi connectivity index (χ0v) is 16.2. The second-order valence-corrected chi connectivity index (χ2v) is 7.54. The summed E-state index contributed by atoms with van der Waals surface area (Å²) in [5, 5.41) is 1.82. The van der Waals surface area contributed by atoms with Gasteiger partial charge < -0.3 is 18.6 Å². The molecular weight excluding hydrogens is 344 g/mol. The summed E-state index contributed by atoms with van der Waals surface area (Å²) < 4.78 is 11.4. The highest BCUT2D eigenvalue weighted by molar-refractivity contribution is 6.07. The molecule has 1 saturated heterocycles. The Morgan fingerprint density at radius 3 is 2.48 bits per heavy atom. The molecule has 0 saturated carbocycles. The summed E-state index contributed by atoms with van der Waals surface area (Å²) in [6.07, 6.45) is 1.78. The molecule has 3 aromatic rings. The lowest BCUT2D eigenvalue weighted by atomic mass is 9.98. The summed E-state index contributed by atoms with van der Waals surface area (Å²) >= 11 is 0. The fraction of sp³-hybridized carbons (Fsp3) is 0.429. The van der Waals surface area contributed by atoms with Gasteiger partial charge in [-0.05, 0) is 50.6 Å². The smallest absolute Gasteiger partial charge is 0.340 e. The Bertz CT molecular complexity index is 1100. The van der Waals surface area contributed by atoms with Gasteiger partial charge in [-0.25, -0.2) is 4.79 Å². The van der Waals surface area contributed by atoms with E-state index in [0.717, 1.165) is 46.1 Å². The number of carbonyl (C=O) groups excluding carboxylic acids is 1. The summed E-state index contributed by atoms with van der Waals surface area (Å²) in [7, 11) is 2.04. The van der Waals surface area contributed by atoms with E-state index in [0.29, 0.717) is 24.2 Å². The second-order valence-electron chi connectivity index (χ2n) is 7.54. The fourth-order valence-corrected chi connectivity index (χ4v) is 4.00. The van der Waals surface area contributed by atoms with Gasteiger partial charge >= 0.3 is 5.63 Å². The van der Waals surface area contributed by atoms with Crippen molar-refractivity contribution >= 4 is 27.8 Å². The molecule has 0 N–H and O–H groups in total. The molecule has 1 amide bonds. The van der Waals surface area contributed by atoms with Crippen molar-refractivity contribution in [2.75, 3.05) is 33.2 Å². The van der Waals surface area contributed by atoms with Crippen LogP contribution in [0.4, 0.5) is 0 Å². The molecule has 27 heavy (non-hydrogen) atoms. The van der Waals surface area contributed by atoms with Gasteiger partial charge in [0.05, 0.1) is 23.6 Å². The molecule has 142 valence electrons. The number of benzene rings is 1. The van der Waals surface area contributed by atoms with Crippen molar-refractivity contribution in [2.24, 2.45) is 0 Å². The molecule has 6 heteroatoms. The van der Waals surface area contributed by atoms with E-state index in [1.807, 2.05) is 38.8 Å². The number of furan rings is 1. The van der Waals surface area contributed by atoms with E-state index in [-0.39, 0.29) is 12.3 Å². The lowest BCUT2D eigenvalue weighted by Gasteiger charge is -2.32. The molecule has 0 radical (unpaired) electrons. The number of amides is 1. The molecule has 0 atom stereocenters. The molecular formula is C21H24N2O4. The van der Waals surface area contributed by atoms with Gasteiger partial charge in [-0.3, -0.25) is 4.79 Å². The Balaban J connectivity index is 1.79. The lowest BCUT2D eigenvalue weighted by Crippen LogP contribution is -2.47. The quantitative estimate of drug-likeness (QED) is 0.651. The molecule has 1 fully saturated rings. The maximum absolute atomic E-state index is 12.7. The fourth-order valence-electron chi connectivity index (χ4n) is 4.00. The van der Waals surface area contributed by atoms with Crippen LogP contribution in [0.15, 0.2) is 26.0 Å². The predicted octanol–water partition coefficient (Wildman–Crippen LogP) is 2.78. The largest absolute Gasteiger partial charge is 0.463 e. The van der Waals surface area contributed by atoms with Crippen molar-refractivity contribution in [1.29, 1.82) is 0 Å². The van der Waals surface area contributed by atoms with Crippen LogP contribution in [0.2, 0.25) is 0 Å². The van der Waals surface area contributed by atoms with Crippen LogP contribution in [0.3, 0.4) is 0 Å². The summed E-state index contributed by atoms with van der Waals surface area (Å²) in [6, 6.07) is 1.88. The van der Waals surface area contributed by atoms with Gasteiger partial charge in [0, 0.05) is 31.6 Å². The summed E-state index contributed by atoms with van der Waals surface area (Å²) in [4.78, 5) is 29.4.